The van der Waals surface area contributed by atoms with Gasteiger partial charge in [-0.15, -0.1) is 0 Å². The highest BCUT2D eigenvalue weighted by molar-refractivity contribution is 7.71. The molecule has 0 atom stereocenters. The molecule has 0 spiro atoms. The highest BCUT2D eigenvalue weighted by atomic mass is 32.1. The molecule has 2 aromatic heterocycles. The average Bonchev–Trinajstić information content (AvgIpc) is 3.13. The van der Waals surface area contributed by atoms with Gasteiger partial charge >= 0.3 is 5.97 Å². The molecule has 0 aliphatic rings. The van der Waals surface area contributed by atoms with Crippen molar-refractivity contribution in [3.8, 4) is 17.2 Å². The Bertz CT molecular complexity index is 921. The number of hydrogen-bond donors (Lipinski definition) is 3. The minimum Gasteiger partial charge on any atom is -0.478 e. The molecule has 8 heteroatoms. The molecule has 0 saturated heterocycles. The number of nitrogens with one attached hydrogen (secondary N) is 2. The normalized spacial score (nSPS) is 11.1. The zero-order chi connectivity index (χ0) is 17.3. The third kappa shape index (κ3) is 3.13. The lowest BCUT2D eigenvalue weighted by Crippen LogP contribution is -2.00. The lowest BCUT2D eigenvalue weighted by molar-refractivity contribution is 0.0697. The number of carbonyl (C=O) groups is 1. The first-order valence-electron chi connectivity index (χ1n) is 7.51. The summed E-state index contributed by atoms with van der Waals surface area (Å²) in [6.07, 6.45) is 0.894. The lowest BCUT2D eigenvalue weighted by Gasteiger charge is -2.05. The van der Waals surface area contributed by atoms with Crippen molar-refractivity contribution in [3.63, 3.8) is 0 Å². The second-order valence-corrected chi connectivity index (χ2v) is 6.30. The van der Waals surface area contributed by atoms with Gasteiger partial charge in [-0.05, 0) is 54.9 Å². The van der Waals surface area contributed by atoms with E-state index in [4.69, 9.17) is 17.3 Å². The van der Waals surface area contributed by atoms with E-state index in [1.54, 1.807) is 16.7 Å². The second kappa shape index (κ2) is 6.40. The number of aromatic nitrogens is 5. The average molecular weight is 343 g/mol. The minimum absolute atomic E-state index is 0.217. The Morgan fingerprint density at radius 3 is 2.58 bits per heavy atom. The maximum absolute atomic E-state index is 11.0. The number of carboxylic acid groups (broad SMARTS) is 1. The van der Waals surface area contributed by atoms with Crippen LogP contribution in [0.25, 0.3) is 17.2 Å². The van der Waals surface area contributed by atoms with E-state index < -0.39 is 5.97 Å². The van der Waals surface area contributed by atoms with E-state index in [9.17, 15) is 4.79 Å². The van der Waals surface area contributed by atoms with Crippen LogP contribution in [0.5, 0.6) is 0 Å². The van der Waals surface area contributed by atoms with Crippen molar-refractivity contribution < 1.29 is 9.90 Å². The molecule has 0 aliphatic carbocycles. The third-order valence-electron chi connectivity index (χ3n) is 3.53. The Kier molecular flexibility index (Phi) is 4.30. The Labute approximate surface area is 143 Å². The van der Waals surface area contributed by atoms with Gasteiger partial charge in [-0.25, -0.2) is 4.79 Å². The summed E-state index contributed by atoms with van der Waals surface area (Å²) in [5, 5.41) is 23.4. The van der Waals surface area contributed by atoms with Gasteiger partial charge in [0.15, 0.2) is 10.6 Å². The van der Waals surface area contributed by atoms with Crippen LogP contribution >= 0.6 is 12.2 Å². The van der Waals surface area contributed by atoms with Gasteiger partial charge in [0, 0.05) is 5.69 Å². The number of rotatable bonds is 5. The van der Waals surface area contributed by atoms with E-state index in [1.807, 2.05) is 6.07 Å². The quantitative estimate of drug-likeness (QED) is 0.618. The molecule has 0 aliphatic heterocycles. The van der Waals surface area contributed by atoms with E-state index >= 15 is 0 Å². The van der Waals surface area contributed by atoms with Gasteiger partial charge in [-0.1, -0.05) is 13.8 Å². The SMILES string of the molecule is CC(C)Cc1cc(-c2n[nH]c(=S)n2-c2ccc(C(=O)O)cc2)n[nH]1. The predicted octanol–water partition coefficient (Wildman–Crippen LogP) is 3.22. The smallest absolute Gasteiger partial charge is 0.335 e. The van der Waals surface area contributed by atoms with Crippen LogP contribution in [0.2, 0.25) is 0 Å². The molecule has 124 valence electrons. The van der Waals surface area contributed by atoms with Crippen molar-refractivity contribution >= 4 is 18.2 Å². The topological polar surface area (TPSA) is 99.6 Å². The van der Waals surface area contributed by atoms with Gasteiger partial charge in [0.1, 0.15) is 5.69 Å². The first-order valence-corrected chi connectivity index (χ1v) is 7.92. The van der Waals surface area contributed by atoms with Crippen molar-refractivity contribution in [2.45, 2.75) is 20.3 Å². The number of aromatic amines is 2. The largest absolute Gasteiger partial charge is 0.478 e. The first kappa shape index (κ1) is 16.1. The third-order valence-corrected chi connectivity index (χ3v) is 3.81. The fraction of sp³-hybridized carbons (Fsp3) is 0.250. The summed E-state index contributed by atoms with van der Waals surface area (Å²) >= 11 is 5.31. The number of nitrogens with zero attached hydrogens (tertiary/aromatic N) is 3. The molecule has 7 nitrogen and oxygen atoms in total. The van der Waals surface area contributed by atoms with Crippen molar-refractivity contribution in [2.24, 2.45) is 5.92 Å². The zero-order valence-corrected chi connectivity index (χ0v) is 14.1. The van der Waals surface area contributed by atoms with Crippen LogP contribution in [0, 0.1) is 10.7 Å². The van der Waals surface area contributed by atoms with Crippen molar-refractivity contribution in [3.05, 3.63) is 46.4 Å². The highest BCUT2D eigenvalue weighted by Crippen LogP contribution is 2.21. The van der Waals surface area contributed by atoms with Crippen molar-refractivity contribution in [1.29, 1.82) is 0 Å². The Morgan fingerprint density at radius 2 is 1.96 bits per heavy atom. The highest BCUT2D eigenvalue weighted by Gasteiger charge is 2.15. The number of H-pyrrole nitrogens is 2. The second-order valence-electron chi connectivity index (χ2n) is 5.92. The summed E-state index contributed by atoms with van der Waals surface area (Å²) in [6.45, 7) is 4.28. The molecule has 2 heterocycles. The zero-order valence-electron chi connectivity index (χ0n) is 13.3. The molecule has 0 fully saturated rings. The summed E-state index contributed by atoms with van der Waals surface area (Å²) < 4.78 is 2.15. The molecule has 0 amide bonds. The Balaban J connectivity index is 2.01. The van der Waals surface area contributed by atoms with Crippen LogP contribution in [0.15, 0.2) is 30.3 Å². The van der Waals surface area contributed by atoms with E-state index in [1.165, 1.54) is 12.1 Å². The maximum Gasteiger partial charge on any atom is 0.335 e. The molecule has 1 aromatic carbocycles. The van der Waals surface area contributed by atoms with Crippen molar-refractivity contribution in [2.75, 3.05) is 0 Å². The summed E-state index contributed by atoms with van der Waals surface area (Å²) in [5.74, 6) is 0.125. The van der Waals surface area contributed by atoms with Crippen LogP contribution < -0.4 is 0 Å². The Morgan fingerprint density at radius 1 is 1.25 bits per heavy atom. The monoisotopic (exact) mass is 343 g/mol. The van der Waals surface area contributed by atoms with Crippen LogP contribution in [0.3, 0.4) is 0 Å². The fourth-order valence-corrected chi connectivity index (χ4v) is 2.72. The molecular formula is C16H17N5O2S. The molecule has 3 N–H and O–H groups in total. The molecule has 3 rings (SSSR count). The van der Waals surface area contributed by atoms with Crippen LogP contribution in [-0.4, -0.2) is 36.0 Å². The molecular weight excluding hydrogens is 326 g/mol. The summed E-state index contributed by atoms with van der Waals surface area (Å²) in [4.78, 5) is 11.0. The van der Waals surface area contributed by atoms with Gasteiger partial charge in [-0.3, -0.25) is 14.8 Å². The summed E-state index contributed by atoms with van der Waals surface area (Å²) in [6, 6.07) is 8.41. The molecule has 0 unspecified atom stereocenters. The number of aromatic carboxylic acids is 1. The van der Waals surface area contributed by atoms with Gasteiger partial charge in [0.25, 0.3) is 0 Å². The van der Waals surface area contributed by atoms with Gasteiger partial charge in [0.2, 0.25) is 0 Å². The van der Waals surface area contributed by atoms with E-state index in [0.29, 0.717) is 22.2 Å². The van der Waals surface area contributed by atoms with E-state index in [2.05, 4.69) is 34.2 Å². The Hall–Kier alpha value is -2.74. The van der Waals surface area contributed by atoms with Crippen molar-refractivity contribution in [1.82, 2.24) is 25.0 Å². The number of hydrogen-bond acceptors (Lipinski definition) is 4. The lowest BCUT2D eigenvalue weighted by atomic mass is 10.1. The number of benzene rings is 1. The molecule has 0 radical (unpaired) electrons. The molecule has 0 bridgehead atoms. The standard InChI is InChI=1S/C16H17N5O2S/c1-9(2)7-11-8-13(18-17-11)14-19-20-16(24)21(14)12-5-3-10(4-6-12)15(22)23/h3-6,8-9H,7H2,1-2H3,(H,17,18)(H,20,24)(H,22,23). The van der Waals surface area contributed by atoms with Gasteiger partial charge in [0.05, 0.1) is 11.3 Å². The van der Waals surface area contributed by atoms with Crippen LogP contribution in [0.1, 0.15) is 29.9 Å². The first-order chi connectivity index (χ1) is 11.5. The predicted molar refractivity (Wildman–Crippen MR) is 91.8 cm³/mol. The fourth-order valence-electron chi connectivity index (χ4n) is 2.48. The van der Waals surface area contributed by atoms with Gasteiger partial charge in [-0.2, -0.15) is 10.2 Å². The number of carboxylic acids is 1. The summed E-state index contributed by atoms with van der Waals surface area (Å²) in [5.41, 5.74) is 2.65. The van der Waals surface area contributed by atoms with Crippen LogP contribution in [-0.2, 0) is 6.42 Å². The molecule has 0 saturated carbocycles. The molecule has 3 aromatic rings. The van der Waals surface area contributed by atoms with Gasteiger partial charge < -0.3 is 5.11 Å². The minimum atomic E-state index is -0.969. The van der Waals surface area contributed by atoms with Crippen LogP contribution in [0.4, 0.5) is 0 Å². The summed E-state index contributed by atoms with van der Waals surface area (Å²) in [7, 11) is 0. The van der Waals surface area contributed by atoms with E-state index in [-0.39, 0.29) is 5.56 Å². The maximum atomic E-state index is 11.0. The van der Waals surface area contributed by atoms with E-state index in [0.717, 1.165) is 17.8 Å². The molecule has 24 heavy (non-hydrogen) atoms.